The summed E-state index contributed by atoms with van der Waals surface area (Å²) in [6.45, 7) is 12.9. The second-order valence-corrected chi connectivity index (χ2v) is 7.46. The summed E-state index contributed by atoms with van der Waals surface area (Å²) in [5.41, 5.74) is 3.78. The Morgan fingerprint density at radius 2 is 1.92 bits per heavy atom. The lowest BCUT2D eigenvalue weighted by Crippen LogP contribution is -2.25. The summed E-state index contributed by atoms with van der Waals surface area (Å²) in [5, 5.41) is 2.98. The van der Waals surface area contributed by atoms with Crippen LogP contribution in [-0.4, -0.2) is 17.4 Å². The fourth-order valence-corrected chi connectivity index (χ4v) is 2.60. The lowest BCUT2D eigenvalue weighted by atomic mass is 9.97. The number of benzene rings is 1. The van der Waals surface area contributed by atoms with Crippen molar-refractivity contribution in [2.45, 2.75) is 59.8 Å². The van der Waals surface area contributed by atoms with Gasteiger partial charge in [0.1, 0.15) is 5.76 Å². The van der Waals surface area contributed by atoms with Gasteiger partial charge in [-0.2, -0.15) is 0 Å². The molecule has 0 unspecified atom stereocenters. The Morgan fingerprint density at radius 3 is 2.50 bits per heavy atom. The van der Waals surface area contributed by atoms with E-state index in [-0.39, 0.29) is 11.3 Å². The minimum Gasteiger partial charge on any atom is -0.445 e. The zero-order chi connectivity index (χ0) is 17.9. The van der Waals surface area contributed by atoms with Gasteiger partial charge in [-0.1, -0.05) is 38.5 Å². The lowest BCUT2D eigenvalue weighted by molar-refractivity contribution is 0.0952. The van der Waals surface area contributed by atoms with Crippen LogP contribution in [0.5, 0.6) is 0 Å². The molecule has 0 bridgehead atoms. The summed E-state index contributed by atoms with van der Waals surface area (Å²) in [7, 11) is 0. The Hall–Kier alpha value is -2.10. The number of nitrogens with one attached hydrogen (secondary N) is 1. The van der Waals surface area contributed by atoms with Crippen molar-refractivity contribution in [1.82, 2.24) is 10.3 Å². The molecule has 4 heteroatoms. The summed E-state index contributed by atoms with van der Waals surface area (Å²) in [4.78, 5) is 16.8. The van der Waals surface area contributed by atoms with Gasteiger partial charge in [-0.05, 0) is 38.8 Å². The van der Waals surface area contributed by atoms with Gasteiger partial charge in [-0.15, -0.1) is 0 Å². The van der Waals surface area contributed by atoms with Crippen molar-refractivity contribution in [1.29, 1.82) is 0 Å². The number of carbonyl (C=O) groups is 1. The van der Waals surface area contributed by atoms with E-state index >= 15 is 0 Å². The molecule has 0 atom stereocenters. The maximum Gasteiger partial charge on any atom is 0.251 e. The molecule has 1 aromatic carbocycles. The van der Waals surface area contributed by atoms with Crippen LogP contribution in [0.2, 0.25) is 0 Å². The number of amides is 1. The lowest BCUT2D eigenvalue weighted by Gasteiger charge is -2.12. The molecular weight excluding hydrogens is 300 g/mol. The average molecular weight is 328 g/mol. The Balaban J connectivity index is 1.87. The van der Waals surface area contributed by atoms with Gasteiger partial charge < -0.3 is 9.73 Å². The molecule has 0 spiro atoms. The highest BCUT2D eigenvalue weighted by Gasteiger charge is 2.22. The molecule has 130 valence electrons. The van der Waals surface area contributed by atoms with Crippen LogP contribution in [-0.2, 0) is 11.8 Å². The summed E-state index contributed by atoms with van der Waals surface area (Å²) >= 11 is 0. The first kappa shape index (κ1) is 18.2. The van der Waals surface area contributed by atoms with Crippen LogP contribution < -0.4 is 5.32 Å². The molecule has 1 N–H and O–H groups in total. The van der Waals surface area contributed by atoms with E-state index in [4.69, 9.17) is 4.42 Å². The van der Waals surface area contributed by atoms with Gasteiger partial charge in [0.15, 0.2) is 5.89 Å². The number of oxazole rings is 1. The zero-order valence-corrected chi connectivity index (χ0v) is 15.6. The summed E-state index contributed by atoms with van der Waals surface area (Å²) in [5.74, 6) is 1.67. The second kappa shape index (κ2) is 7.20. The van der Waals surface area contributed by atoms with Gasteiger partial charge >= 0.3 is 0 Å². The molecule has 0 aliphatic rings. The van der Waals surface area contributed by atoms with Crippen LogP contribution in [0.15, 0.2) is 22.6 Å². The number of aromatic nitrogens is 1. The molecule has 1 amide bonds. The summed E-state index contributed by atoms with van der Waals surface area (Å²) in [6.07, 6.45) is 1.61. The molecular formula is C20H28N2O2. The molecule has 1 heterocycles. The number of hydrogen-bond donors (Lipinski definition) is 1. The van der Waals surface area contributed by atoms with E-state index in [1.807, 2.05) is 39.0 Å². The van der Waals surface area contributed by atoms with E-state index in [0.717, 1.165) is 41.3 Å². The Morgan fingerprint density at radius 1 is 1.21 bits per heavy atom. The average Bonchev–Trinajstić information content (AvgIpc) is 2.85. The number of carbonyl (C=O) groups excluding carboxylic acids is 1. The first-order valence-electron chi connectivity index (χ1n) is 8.50. The fraction of sp³-hybridized carbons (Fsp3) is 0.500. The Kier molecular flexibility index (Phi) is 5.47. The van der Waals surface area contributed by atoms with Crippen molar-refractivity contribution in [3.05, 3.63) is 52.2 Å². The minimum absolute atomic E-state index is 0.0165. The number of aryl methyl sites for hydroxylation is 4. The van der Waals surface area contributed by atoms with Crippen molar-refractivity contribution in [3.8, 4) is 0 Å². The summed E-state index contributed by atoms with van der Waals surface area (Å²) < 4.78 is 5.88. The van der Waals surface area contributed by atoms with Crippen molar-refractivity contribution < 1.29 is 9.21 Å². The van der Waals surface area contributed by atoms with E-state index in [1.165, 1.54) is 5.56 Å². The van der Waals surface area contributed by atoms with Crippen LogP contribution in [0.1, 0.15) is 66.0 Å². The molecule has 0 radical (unpaired) electrons. The monoisotopic (exact) mass is 328 g/mol. The smallest absolute Gasteiger partial charge is 0.251 e. The largest absolute Gasteiger partial charge is 0.445 e. The van der Waals surface area contributed by atoms with E-state index in [9.17, 15) is 4.79 Å². The topological polar surface area (TPSA) is 55.1 Å². The second-order valence-electron chi connectivity index (χ2n) is 7.46. The van der Waals surface area contributed by atoms with Crippen molar-refractivity contribution in [3.63, 3.8) is 0 Å². The molecule has 1 aromatic heterocycles. The normalized spacial score (nSPS) is 11.6. The molecule has 0 saturated heterocycles. The highest BCUT2D eigenvalue weighted by Crippen LogP contribution is 2.24. The van der Waals surface area contributed by atoms with Crippen LogP contribution >= 0.6 is 0 Å². The van der Waals surface area contributed by atoms with E-state index in [2.05, 4.69) is 31.1 Å². The van der Waals surface area contributed by atoms with Gasteiger partial charge in [-0.25, -0.2) is 4.98 Å². The third-order valence-corrected chi connectivity index (χ3v) is 4.03. The van der Waals surface area contributed by atoms with Gasteiger partial charge in [0.2, 0.25) is 0 Å². The SMILES string of the molecule is Cc1ccc(C(=O)NCCCc2oc(C(C)(C)C)nc2C)c(C)c1. The maximum atomic E-state index is 12.2. The molecule has 0 saturated carbocycles. The Labute approximate surface area is 144 Å². The van der Waals surface area contributed by atoms with E-state index in [0.29, 0.717) is 6.54 Å². The quantitative estimate of drug-likeness (QED) is 0.834. The molecule has 0 aliphatic heterocycles. The predicted octanol–water partition coefficient (Wildman–Crippen LogP) is 4.26. The number of rotatable bonds is 5. The maximum absolute atomic E-state index is 12.2. The minimum atomic E-state index is -0.0831. The molecule has 4 nitrogen and oxygen atoms in total. The van der Waals surface area contributed by atoms with Gasteiger partial charge in [0, 0.05) is 23.9 Å². The fourth-order valence-electron chi connectivity index (χ4n) is 2.60. The van der Waals surface area contributed by atoms with E-state index in [1.54, 1.807) is 0 Å². The predicted molar refractivity (Wildman–Crippen MR) is 96.5 cm³/mol. The standard InChI is InChI=1S/C20H28N2O2/c1-13-9-10-16(14(2)12-13)18(23)21-11-7-8-17-15(3)22-19(24-17)20(4,5)6/h9-10,12H,7-8,11H2,1-6H3,(H,21,23). The van der Waals surface area contributed by atoms with Crippen molar-refractivity contribution in [2.75, 3.05) is 6.54 Å². The van der Waals surface area contributed by atoms with Crippen molar-refractivity contribution >= 4 is 5.91 Å². The first-order chi connectivity index (χ1) is 11.2. The van der Waals surface area contributed by atoms with Crippen LogP contribution in [0.3, 0.4) is 0 Å². The molecule has 24 heavy (non-hydrogen) atoms. The van der Waals surface area contributed by atoms with Gasteiger partial charge in [-0.3, -0.25) is 4.79 Å². The van der Waals surface area contributed by atoms with E-state index < -0.39 is 0 Å². The van der Waals surface area contributed by atoms with Crippen LogP contribution in [0.25, 0.3) is 0 Å². The third-order valence-electron chi connectivity index (χ3n) is 4.03. The highest BCUT2D eigenvalue weighted by atomic mass is 16.4. The third kappa shape index (κ3) is 4.47. The molecule has 2 rings (SSSR count). The van der Waals surface area contributed by atoms with Gasteiger partial charge in [0.25, 0.3) is 5.91 Å². The number of hydrogen-bond acceptors (Lipinski definition) is 3. The zero-order valence-electron chi connectivity index (χ0n) is 15.6. The molecule has 0 fully saturated rings. The van der Waals surface area contributed by atoms with Crippen molar-refractivity contribution in [2.24, 2.45) is 0 Å². The first-order valence-corrected chi connectivity index (χ1v) is 8.50. The number of nitrogens with zero attached hydrogens (tertiary/aromatic N) is 1. The highest BCUT2D eigenvalue weighted by molar-refractivity contribution is 5.95. The van der Waals surface area contributed by atoms with Gasteiger partial charge in [0.05, 0.1) is 5.69 Å². The van der Waals surface area contributed by atoms with Crippen LogP contribution in [0, 0.1) is 20.8 Å². The molecule has 0 aliphatic carbocycles. The molecule has 2 aromatic rings. The Bertz CT molecular complexity index is 724. The summed E-state index contributed by atoms with van der Waals surface area (Å²) in [6, 6.07) is 5.88. The van der Waals surface area contributed by atoms with Crippen LogP contribution in [0.4, 0.5) is 0 Å².